The molecule has 0 fully saturated rings. The Morgan fingerprint density at radius 3 is 2.95 bits per heavy atom. The quantitative estimate of drug-likeness (QED) is 0.780. The lowest BCUT2D eigenvalue weighted by Gasteiger charge is -1.98. The number of aryl methyl sites for hydroxylation is 1. The summed E-state index contributed by atoms with van der Waals surface area (Å²) in [6, 6.07) is 4.04. The zero-order chi connectivity index (χ0) is 14.1. The molecule has 6 heteroatoms. The number of amides is 1. The van der Waals surface area contributed by atoms with Crippen molar-refractivity contribution < 1.29 is 4.79 Å². The molecule has 0 saturated heterocycles. The minimum Gasteiger partial charge on any atom is -0.302 e. The summed E-state index contributed by atoms with van der Waals surface area (Å²) in [5.74, 6) is 0.0385. The maximum Gasteiger partial charge on any atom is 0.226 e. The van der Waals surface area contributed by atoms with Crippen molar-refractivity contribution in [1.29, 1.82) is 0 Å². The third-order valence-corrected chi connectivity index (χ3v) is 4.95. The summed E-state index contributed by atoms with van der Waals surface area (Å²) in [7, 11) is 0. The number of aromatic nitrogens is 2. The number of carbonyl (C=O) groups excluding carboxylic acids is 1. The van der Waals surface area contributed by atoms with Gasteiger partial charge in [0.05, 0.1) is 19.9 Å². The Morgan fingerprint density at radius 1 is 1.30 bits per heavy atom. The lowest BCUT2D eigenvalue weighted by Crippen LogP contribution is -2.10. The molecule has 1 aromatic carbocycles. The van der Waals surface area contributed by atoms with E-state index >= 15 is 0 Å². The summed E-state index contributed by atoms with van der Waals surface area (Å²) in [5.41, 5.74) is 1.90. The predicted octanol–water partition coefficient (Wildman–Crippen LogP) is 4.34. The largest absolute Gasteiger partial charge is 0.302 e. The molecule has 104 valence electrons. The van der Waals surface area contributed by atoms with Crippen molar-refractivity contribution >= 4 is 54.1 Å². The van der Waals surface area contributed by atoms with E-state index in [2.05, 4.69) is 22.2 Å². The van der Waals surface area contributed by atoms with Crippen molar-refractivity contribution in [2.75, 3.05) is 5.32 Å². The van der Waals surface area contributed by atoms with Gasteiger partial charge in [-0.2, -0.15) is 0 Å². The van der Waals surface area contributed by atoms with Crippen molar-refractivity contribution in [2.45, 2.75) is 33.1 Å². The molecular weight excluding hydrogens is 290 g/mol. The molecule has 0 bridgehead atoms. The molecule has 0 aliphatic rings. The highest BCUT2D eigenvalue weighted by atomic mass is 32.1. The molecule has 0 spiro atoms. The highest BCUT2D eigenvalue weighted by Crippen LogP contribution is 2.34. The Kier molecular flexibility index (Phi) is 3.67. The third-order valence-electron chi connectivity index (χ3n) is 3.03. The van der Waals surface area contributed by atoms with Crippen LogP contribution in [0.3, 0.4) is 0 Å². The Hall–Kier alpha value is -1.53. The van der Waals surface area contributed by atoms with Gasteiger partial charge in [0.1, 0.15) is 5.52 Å². The molecule has 0 aliphatic carbocycles. The lowest BCUT2D eigenvalue weighted by atomic mass is 10.2. The first-order chi connectivity index (χ1) is 9.67. The summed E-state index contributed by atoms with van der Waals surface area (Å²) >= 11 is 3.18. The van der Waals surface area contributed by atoms with Gasteiger partial charge in [-0.3, -0.25) is 4.79 Å². The topological polar surface area (TPSA) is 54.9 Å². The van der Waals surface area contributed by atoms with E-state index in [4.69, 9.17) is 0 Å². The van der Waals surface area contributed by atoms with Gasteiger partial charge in [0.25, 0.3) is 0 Å². The number of rotatable bonds is 4. The van der Waals surface area contributed by atoms with Crippen LogP contribution in [0, 0.1) is 6.92 Å². The summed E-state index contributed by atoms with van der Waals surface area (Å²) in [4.78, 5) is 20.8. The second kappa shape index (κ2) is 5.46. The minimum atomic E-state index is 0.0385. The van der Waals surface area contributed by atoms with Gasteiger partial charge in [-0.25, -0.2) is 9.97 Å². The lowest BCUT2D eigenvalue weighted by molar-refractivity contribution is -0.116. The third kappa shape index (κ3) is 2.53. The van der Waals surface area contributed by atoms with E-state index in [-0.39, 0.29) is 5.91 Å². The van der Waals surface area contributed by atoms with Gasteiger partial charge in [-0.1, -0.05) is 24.7 Å². The maximum atomic E-state index is 11.8. The zero-order valence-corrected chi connectivity index (χ0v) is 13.0. The maximum absolute atomic E-state index is 11.8. The fourth-order valence-electron chi connectivity index (χ4n) is 2.06. The van der Waals surface area contributed by atoms with E-state index < -0.39 is 0 Å². The Labute approximate surface area is 124 Å². The molecular formula is C14H15N3OS2. The minimum absolute atomic E-state index is 0.0385. The number of thiazole rings is 2. The smallest absolute Gasteiger partial charge is 0.226 e. The van der Waals surface area contributed by atoms with E-state index in [0.717, 1.165) is 33.6 Å². The van der Waals surface area contributed by atoms with Crippen LogP contribution >= 0.6 is 22.7 Å². The van der Waals surface area contributed by atoms with Crippen molar-refractivity contribution in [2.24, 2.45) is 0 Å². The molecule has 0 unspecified atom stereocenters. The van der Waals surface area contributed by atoms with Crippen LogP contribution in [0.1, 0.15) is 31.2 Å². The summed E-state index contributed by atoms with van der Waals surface area (Å²) in [5, 5.41) is 4.60. The van der Waals surface area contributed by atoms with Crippen molar-refractivity contribution in [1.82, 2.24) is 9.97 Å². The molecule has 1 N–H and O–H groups in total. The molecule has 3 aromatic rings. The average Bonchev–Trinajstić information content (AvgIpc) is 2.97. The highest BCUT2D eigenvalue weighted by Gasteiger charge is 2.12. The van der Waals surface area contributed by atoms with Crippen LogP contribution in [0.4, 0.5) is 5.13 Å². The Bertz CT molecular complexity index is 775. The standard InChI is InChI=1S/C14H15N3OS2/c1-3-4-5-11(18)17-14-16-9-6-7-10-12(13(9)20-14)15-8(2)19-10/h6-7H,3-5H2,1-2H3,(H,16,17,18). The van der Waals surface area contributed by atoms with Crippen molar-refractivity contribution in [3.8, 4) is 0 Å². The SMILES string of the molecule is CCCCC(=O)Nc1nc2ccc3sc(C)nc3c2s1. The van der Waals surface area contributed by atoms with Gasteiger partial charge in [-0.05, 0) is 25.5 Å². The van der Waals surface area contributed by atoms with Crippen LogP contribution < -0.4 is 5.32 Å². The number of hydrogen-bond donors (Lipinski definition) is 1. The van der Waals surface area contributed by atoms with Crippen LogP contribution in [0.2, 0.25) is 0 Å². The fraction of sp³-hybridized carbons (Fsp3) is 0.357. The highest BCUT2D eigenvalue weighted by molar-refractivity contribution is 7.24. The molecule has 2 heterocycles. The van der Waals surface area contributed by atoms with Gasteiger partial charge in [-0.15, -0.1) is 11.3 Å². The molecule has 0 saturated carbocycles. The van der Waals surface area contributed by atoms with Crippen LogP contribution in [0.15, 0.2) is 12.1 Å². The molecule has 20 heavy (non-hydrogen) atoms. The van der Waals surface area contributed by atoms with E-state index in [1.165, 1.54) is 16.0 Å². The van der Waals surface area contributed by atoms with Crippen molar-refractivity contribution in [3.63, 3.8) is 0 Å². The molecule has 2 aromatic heterocycles. The molecule has 1 amide bonds. The molecule has 3 rings (SSSR count). The van der Waals surface area contributed by atoms with Gasteiger partial charge in [0, 0.05) is 6.42 Å². The number of fused-ring (bicyclic) bond motifs is 3. The number of nitrogens with one attached hydrogen (secondary N) is 1. The van der Waals surface area contributed by atoms with E-state index in [9.17, 15) is 4.79 Å². The number of unbranched alkanes of at least 4 members (excludes halogenated alkanes) is 1. The Morgan fingerprint density at radius 2 is 2.15 bits per heavy atom. The predicted molar refractivity (Wildman–Crippen MR) is 85.7 cm³/mol. The molecule has 0 aliphatic heterocycles. The number of benzene rings is 1. The van der Waals surface area contributed by atoms with E-state index in [0.29, 0.717) is 11.6 Å². The van der Waals surface area contributed by atoms with Crippen LogP contribution in [0.25, 0.3) is 20.4 Å². The first kappa shape index (κ1) is 13.5. The first-order valence-electron chi connectivity index (χ1n) is 6.64. The van der Waals surface area contributed by atoms with Gasteiger partial charge in [0.2, 0.25) is 5.91 Å². The number of carbonyl (C=O) groups is 1. The average molecular weight is 305 g/mol. The second-order valence-corrected chi connectivity index (χ2v) is 6.90. The van der Waals surface area contributed by atoms with Crippen molar-refractivity contribution in [3.05, 3.63) is 17.1 Å². The second-order valence-electron chi connectivity index (χ2n) is 4.66. The van der Waals surface area contributed by atoms with Gasteiger partial charge >= 0.3 is 0 Å². The summed E-state index contributed by atoms with van der Waals surface area (Å²) in [6.07, 6.45) is 2.48. The van der Waals surface area contributed by atoms with Crippen LogP contribution in [0.5, 0.6) is 0 Å². The summed E-state index contributed by atoms with van der Waals surface area (Å²) in [6.45, 7) is 4.08. The number of hydrogen-bond acceptors (Lipinski definition) is 5. The number of nitrogens with zero attached hydrogens (tertiary/aromatic N) is 2. The fourth-order valence-corrected chi connectivity index (χ4v) is 3.93. The molecule has 0 radical (unpaired) electrons. The normalized spacial score (nSPS) is 11.3. The molecule has 4 nitrogen and oxygen atoms in total. The van der Waals surface area contributed by atoms with Crippen LogP contribution in [-0.2, 0) is 4.79 Å². The van der Waals surface area contributed by atoms with Crippen LogP contribution in [-0.4, -0.2) is 15.9 Å². The van der Waals surface area contributed by atoms with E-state index in [1.807, 2.05) is 19.1 Å². The zero-order valence-electron chi connectivity index (χ0n) is 11.4. The monoisotopic (exact) mass is 305 g/mol. The Balaban J connectivity index is 1.94. The van der Waals surface area contributed by atoms with Gasteiger partial charge < -0.3 is 5.32 Å². The molecule has 0 atom stereocenters. The number of anilines is 1. The summed E-state index contributed by atoms with van der Waals surface area (Å²) < 4.78 is 2.22. The first-order valence-corrected chi connectivity index (χ1v) is 8.27. The van der Waals surface area contributed by atoms with E-state index in [1.54, 1.807) is 11.3 Å². The van der Waals surface area contributed by atoms with Gasteiger partial charge in [0.15, 0.2) is 5.13 Å².